The second-order valence-electron chi connectivity index (χ2n) is 6.13. The highest BCUT2D eigenvalue weighted by atomic mass is 32.2. The van der Waals surface area contributed by atoms with Crippen LogP contribution in [0.15, 0.2) is 53.4 Å². The number of hydrogen-bond donors (Lipinski definition) is 1. The fourth-order valence-corrected chi connectivity index (χ4v) is 4.07. The fraction of sp³-hybridized carbons (Fsp3) is 0.316. The van der Waals surface area contributed by atoms with Gasteiger partial charge in [0.05, 0.1) is 9.82 Å². The summed E-state index contributed by atoms with van der Waals surface area (Å²) in [4.78, 5) is 22.6. The molecule has 9 heteroatoms. The number of sulfonamides is 1. The van der Waals surface area contributed by atoms with Crippen LogP contribution in [-0.4, -0.2) is 36.6 Å². The number of nitrogens with one attached hydrogen (secondary N) is 1. The van der Waals surface area contributed by atoms with E-state index in [4.69, 9.17) is 0 Å². The highest BCUT2D eigenvalue weighted by molar-refractivity contribution is 7.89. The Kier molecular flexibility index (Phi) is 7.24. The van der Waals surface area contributed by atoms with Gasteiger partial charge in [-0.25, -0.2) is 8.42 Å². The maximum Gasteiger partial charge on any atom is 0.269 e. The van der Waals surface area contributed by atoms with E-state index in [1.807, 2.05) is 6.92 Å². The molecule has 0 radical (unpaired) electrons. The lowest BCUT2D eigenvalue weighted by molar-refractivity contribution is -0.384. The normalized spacial score (nSPS) is 11.4. The van der Waals surface area contributed by atoms with E-state index in [0.717, 1.165) is 12.8 Å². The number of benzene rings is 2. The van der Waals surface area contributed by atoms with E-state index < -0.39 is 20.9 Å². The molecule has 1 amide bonds. The van der Waals surface area contributed by atoms with Gasteiger partial charge < -0.3 is 5.32 Å². The van der Waals surface area contributed by atoms with E-state index in [1.54, 1.807) is 6.92 Å². The highest BCUT2D eigenvalue weighted by Gasteiger charge is 2.22. The summed E-state index contributed by atoms with van der Waals surface area (Å²) in [5.74, 6) is -0.434. The number of nitrogens with zero attached hydrogens (tertiary/aromatic N) is 2. The van der Waals surface area contributed by atoms with E-state index in [1.165, 1.54) is 52.8 Å². The van der Waals surface area contributed by atoms with Gasteiger partial charge in [-0.2, -0.15) is 4.31 Å². The van der Waals surface area contributed by atoms with Crippen molar-refractivity contribution in [3.8, 4) is 0 Å². The van der Waals surface area contributed by atoms with Gasteiger partial charge in [0.2, 0.25) is 10.0 Å². The first-order chi connectivity index (χ1) is 13.3. The first-order valence-corrected chi connectivity index (χ1v) is 10.4. The van der Waals surface area contributed by atoms with Gasteiger partial charge in [-0.05, 0) is 42.8 Å². The van der Waals surface area contributed by atoms with Crippen LogP contribution in [0.1, 0.15) is 37.0 Å². The number of non-ortho nitro benzene ring substituents is 1. The second-order valence-corrected chi connectivity index (χ2v) is 8.07. The number of nitro benzene ring substituents is 1. The van der Waals surface area contributed by atoms with Crippen molar-refractivity contribution in [1.82, 2.24) is 4.31 Å². The molecule has 0 bridgehead atoms. The molecule has 0 aliphatic rings. The van der Waals surface area contributed by atoms with Crippen molar-refractivity contribution < 1.29 is 18.1 Å². The van der Waals surface area contributed by atoms with Crippen molar-refractivity contribution in [3.63, 3.8) is 0 Å². The Labute approximate surface area is 164 Å². The molecular weight excluding hydrogens is 382 g/mol. The van der Waals surface area contributed by atoms with E-state index in [0.29, 0.717) is 18.8 Å². The van der Waals surface area contributed by atoms with Gasteiger partial charge in [0, 0.05) is 36.5 Å². The zero-order valence-corrected chi connectivity index (χ0v) is 16.6. The topological polar surface area (TPSA) is 110 Å². The average molecular weight is 405 g/mol. The van der Waals surface area contributed by atoms with Crippen LogP contribution >= 0.6 is 0 Å². The smallest absolute Gasteiger partial charge is 0.269 e. The third kappa shape index (κ3) is 5.14. The van der Waals surface area contributed by atoms with Crippen LogP contribution in [0, 0.1) is 10.1 Å². The zero-order chi connectivity index (χ0) is 20.7. The summed E-state index contributed by atoms with van der Waals surface area (Å²) in [5, 5.41) is 13.3. The van der Waals surface area contributed by atoms with Crippen molar-refractivity contribution in [1.29, 1.82) is 0 Å². The molecule has 1 N–H and O–H groups in total. The molecule has 150 valence electrons. The molecule has 28 heavy (non-hydrogen) atoms. The van der Waals surface area contributed by atoms with Gasteiger partial charge in [-0.1, -0.05) is 20.3 Å². The number of rotatable bonds is 9. The van der Waals surface area contributed by atoms with Crippen molar-refractivity contribution in [2.45, 2.75) is 31.6 Å². The van der Waals surface area contributed by atoms with Gasteiger partial charge in [-0.3, -0.25) is 14.9 Å². The summed E-state index contributed by atoms with van der Waals surface area (Å²) < 4.78 is 26.8. The Hall–Kier alpha value is -2.78. The van der Waals surface area contributed by atoms with Gasteiger partial charge in [0.25, 0.3) is 11.6 Å². The molecule has 0 saturated heterocycles. The molecule has 0 aliphatic heterocycles. The largest absolute Gasteiger partial charge is 0.322 e. The summed E-state index contributed by atoms with van der Waals surface area (Å²) in [5.41, 5.74) is 0.619. The lowest BCUT2D eigenvalue weighted by atomic mass is 10.2. The molecule has 0 aromatic heterocycles. The molecule has 0 saturated carbocycles. The number of nitro groups is 1. The van der Waals surface area contributed by atoms with Crippen LogP contribution < -0.4 is 5.32 Å². The van der Waals surface area contributed by atoms with Gasteiger partial charge in [0.15, 0.2) is 0 Å². The number of anilines is 1. The van der Waals surface area contributed by atoms with Gasteiger partial charge in [0.1, 0.15) is 0 Å². The summed E-state index contributed by atoms with van der Waals surface area (Å²) in [6, 6.07) is 11.2. The third-order valence-electron chi connectivity index (χ3n) is 4.20. The Morgan fingerprint density at radius 3 is 2.18 bits per heavy atom. The maximum atomic E-state index is 12.7. The molecule has 0 heterocycles. The van der Waals surface area contributed by atoms with Crippen molar-refractivity contribution >= 4 is 27.3 Å². The summed E-state index contributed by atoms with van der Waals surface area (Å²) in [6.07, 6.45) is 1.68. The standard InChI is InChI=1S/C19H23N3O5S/c1-3-5-14-21(4-2)28(26,27)18-12-6-15(7-13-18)19(23)20-16-8-10-17(11-9-16)22(24)25/h6-13H,3-5,14H2,1-2H3,(H,20,23). The average Bonchev–Trinajstić information content (AvgIpc) is 2.69. The van der Waals surface area contributed by atoms with E-state index in [-0.39, 0.29) is 16.1 Å². The molecule has 0 spiro atoms. The number of unbranched alkanes of at least 4 members (excludes halogenated alkanes) is 1. The number of carbonyl (C=O) groups is 1. The predicted octanol–water partition coefficient (Wildman–Crippen LogP) is 3.66. The van der Waals surface area contributed by atoms with Crippen molar-refractivity contribution in [2.75, 3.05) is 18.4 Å². The Bertz CT molecular complexity index is 925. The molecule has 0 aliphatic carbocycles. The first kappa shape index (κ1) is 21.5. The molecule has 2 aromatic rings. The lowest BCUT2D eigenvalue weighted by Crippen LogP contribution is -2.31. The monoisotopic (exact) mass is 405 g/mol. The Morgan fingerprint density at radius 2 is 1.68 bits per heavy atom. The summed E-state index contributed by atoms with van der Waals surface area (Å²) >= 11 is 0. The molecule has 0 unspecified atom stereocenters. The summed E-state index contributed by atoms with van der Waals surface area (Å²) in [6.45, 7) is 4.63. The molecule has 0 atom stereocenters. The second kappa shape index (κ2) is 9.43. The predicted molar refractivity (Wildman–Crippen MR) is 107 cm³/mol. The molecular formula is C19H23N3O5S. The quantitative estimate of drug-likeness (QED) is 0.506. The van der Waals surface area contributed by atoms with E-state index in [9.17, 15) is 23.3 Å². The van der Waals surface area contributed by atoms with Gasteiger partial charge in [-0.15, -0.1) is 0 Å². The zero-order valence-electron chi connectivity index (χ0n) is 15.8. The molecule has 2 aromatic carbocycles. The minimum Gasteiger partial charge on any atom is -0.322 e. The van der Waals surface area contributed by atoms with Crippen molar-refractivity contribution in [2.24, 2.45) is 0 Å². The van der Waals surface area contributed by atoms with Crippen LogP contribution in [0.5, 0.6) is 0 Å². The fourth-order valence-electron chi connectivity index (χ4n) is 2.58. The Morgan fingerprint density at radius 1 is 1.07 bits per heavy atom. The van der Waals surface area contributed by atoms with Crippen molar-refractivity contribution in [3.05, 3.63) is 64.2 Å². The number of carbonyl (C=O) groups excluding carboxylic acids is 1. The lowest BCUT2D eigenvalue weighted by Gasteiger charge is -2.20. The number of amides is 1. The molecule has 8 nitrogen and oxygen atoms in total. The van der Waals surface area contributed by atoms with E-state index in [2.05, 4.69) is 5.32 Å². The molecule has 2 rings (SSSR count). The van der Waals surface area contributed by atoms with Crippen LogP contribution in [0.4, 0.5) is 11.4 Å². The first-order valence-electron chi connectivity index (χ1n) is 8.95. The van der Waals surface area contributed by atoms with E-state index >= 15 is 0 Å². The molecule has 0 fully saturated rings. The maximum absolute atomic E-state index is 12.7. The minimum atomic E-state index is -3.60. The summed E-state index contributed by atoms with van der Waals surface area (Å²) in [7, 11) is -3.60. The van der Waals surface area contributed by atoms with Crippen LogP contribution in [0.25, 0.3) is 0 Å². The van der Waals surface area contributed by atoms with Gasteiger partial charge >= 0.3 is 0 Å². The SMILES string of the molecule is CCCCN(CC)S(=O)(=O)c1ccc(C(=O)Nc2ccc([N+](=O)[O-])cc2)cc1. The van der Waals surface area contributed by atoms with Crippen LogP contribution in [0.2, 0.25) is 0 Å². The Balaban J connectivity index is 2.12. The minimum absolute atomic E-state index is 0.0730. The van der Waals surface area contributed by atoms with Crippen LogP contribution in [0.3, 0.4) is 0 Å². The number of hydrogen-bond acceptors (Lipinski definition) is 5. The third-order valence-corrected chi connectivity index (χ3v) is 6.19. The highest BCUT2D eigenvalue weighted by Crippen LogP contribution is 2.19. The van der Waals surface area contributed by atoms with Crippen LogP contribution in [-0.2, 0) is 10.0 Å².